The predicted molar refractivity (Wildman–Crippen MR) is 66.9 cm³/mol. The summed E-state index contributed by atoms with van der Waals surface area (Å²) in [7, 11) is 0. The van der Waals surface area contributed by atoms with Gasteiger partial charge in [0.25, 0.3) is 0 Å². The van der Waals surface area contributed by atoms with Gasteiger partial charge in [0.1, 0.15) is 11.1 Å². The number of rotatable bonds is 4. The molecule has 0 saturated heterocycles. The highest BCUT2D eigenvalue weighted by atomic mass is 32.2. The summed E-state index contributed by atoms with van der Waals surface area (Å²) in [5.74, 6) is 0.626. The highest BCUT2D eigenvalue weighted by Gasteiger charge is 2.14. The molecule has 0 N–H and O–H groups in total. The fourth-order valence-corrected chi connectivity index (χ4v) is 2.31. The number of nitrogens with zero attached hydrogens (tertiary/aromatic N) is 2. The fourth-order valence-electron chi connectivity index (χ4n) is 1.37. The Labute approximate surface area is 103 Å². The van der Waals surface area contributed by atoms with Gasteiger partial charge in [-0.2, -0.15) is 0 Å². The van der Waals surface area contributed by atoms with Crippen molar-refractivity contribution in [3.8, 4) is 0 Å². The Hall–Kier alpha value is -1.88. The second-order valence-corrected chi connectivity index (χ2v) is 4.37. The normalized spacial score (nSPS) is 10.1. The van der Waals surface area contributed by atoms with E-state index in [0.29, 0.717) is 10.6 Å². The van der Waals surface area contributed by atoms with Crippen molar-refractivity contribution in [2.75, 3.05) is 0 Å². The van der Waals surface area contributed by atoms with Gasteiger partial charge in [-0.1, -0.05) is 30.3 Å². The first kappa shape index (κ1) is 11.6. The molecule has 1 aromatic carbocycles. The number of nitro groups is 1. The molecule has 0 unspecified atom stereocenters. The Morgan fingerprint density at radius 1 is 1.18 bits per heavy atom. The summed E-state index contributed by atoms with van der Waals surface area (Å²) < 4.78 is 0. The first-order valence-electron chi connectivity index (χ1n) is 5.03. The largest absolute Gasteiger partial charge is 0.377 e. The van der Waals surface area contributed by atoms with Crippen LogP contribution in [-0.2, 0) is 5.75 Å². The standard InChI is InChI=1S/C12H10N2O2S/c15-14(16)12-11(7-4-8-13-12)17-9-10-5-2-1-3-6-10/h1-8H,9H2. The van der Waals surface area contributed by atoms with Crippen LogP contribution in [0, 0.1) is 10.1 Å². The van der Waals surface area contributed by atoms with Crippen LogP contribution < -0.4 is 0 Å². The van der Waals surface area contributed by atoms with Crippen molar-refractivity contribution in [2.45, 2.75) is 10.6 Å². The molecule has 0 radical (unpaired) electrons. The van der Waals surface area contributed by atoms with Crippen molar-refractivity contribution in [1.29, 1.82) is 0 Å². The molecular formula is C12H10N2O2S. The number of aromatic nitrogens is 1. The van der Waals surface area contributed by atoms with Crippen LogP contribution in [0.4, 0.5) is 5.82 Å². The molecule has 5 heteroatoms. The highest BCUT2D eigenvalue weighted by molar-refractivity contribution is 7.98. The number of thioether (sulfide) groups is 1. The van der Waals surface area contributed by atoms with Gasteiger partial charge in [-0.25, -0.2) is 0 Å². The molecule has 1 heterocycles. The van der Waals surface area contributed by atoms with Crippen LogP contribution in [0.15, 0.2) is 53.6 Å². The molecule has 0 bridgehead atoms. The van der Waals surface area contributed by atoms with Crippen molar-refractivity contribution in [2.24, 2.45) is 0 Å². The molecule has 0 saturated carbocycles. The molecule has 1 aromatic heterocycles. The van der Waals surface area contributed by atoms with E-state index >= 15 is 0 Å². The third-order valence-electron chi connectivity index (χ3n) is 2.16. The Kier molecular flexibility index (Phi) is 3.72. The van der Waals surface area contributed by atoms with Gasteiger partial charge < -0.3 is 10.1 Å². The summed E-state index contributed by atoms with van der Waals surface area (Å²) in [4.78, 5) is 14.7. The third kappa shape index (κ3) is 3.04. The maximum Gasteiger partial charge on any atom is 0.377 e. The molecule has 0 atom stereocenters. The van der Waals surface area contributed by atoms with Crippen molar-refractivity contribution in [1.82, 2.24) is 4.98 Å². The quantitative estimate of drug-likeness (QED) is 0.472. The molecule has 2 aromatic rings. The lowest BCUT2D eigenvalue weighted by Gasteiger charge is -2.02. The van der Waals surface area contributed by atoms with E-state index in [4.69, 9.17) is 0 Å². The van der Waals surface area contributed by atoms with E-state index in [1.54, 1.807) is 12.1 Å². The van der Waals surface area contributed by atoms with Gasteiger partial charge in [0.2, 0.25) is 0 Å². The zero-order chi connectivity index (χ0) is 12.1. The van der Waals surface area contributed by atoms with Crippen LogP contribution in [0.5, 0.6) is 0 Å². The molecule has 0 fully saturated rings. The molecule has 0 amide bonds. The average molecular weight is 246 g/mol. The van der Waals surface area contributed by atoms with E-state index in [1.807, 2.05) is 30.3 Å². The molecular weight excluding hydrogens is 236 g/mol. The van der Waals surface area contributed by atoms with Gasteiger partial charge in [0.15, 0.2) is 0 Å². The summed E-state index contributed by atoms with van der Waals surface area (Å²) >= 11 is 1.42. The summed E-state index contributed by atoms with van der Waals surface area (Å²) in [5.41, 5.74) is 1.13. The van der Waals surface area contributed by atoms with Crippen molar-refractivity contribution in [3.63, 3.8) is 0 Å². The Morgan fingerprint density at radius 2 is 1.94 bits per heavy atom. The monoisotopic (exact) mass is 246 g/mol. The summed E-state index contributed by atoms with van der Waals surface area (Å²) in [5, 5.41) is 10.8. The first-order valence-corrected chi connectivity index (χ1v) is 6.02. The first-order chi connectivity index (χ1) is 8.27. The number of hydrogen-bond acceptors (Lipinski definition) is 4. The van der Waals surface area contributed by atoms with Gasteiger partial charge in [-0.05, 0) is 27.6 Å². The van der Waals surface area contributed by atoms with Crippen LogP contribution in [-0.4, -0.2) is 9.91 Å². The lowest BCUT2D eigenvalue weighted by molar-refractivity contribution is -0.392. The van der Waals surface area contributed by atoms with Gasteiger partial charge in [-0.3, -0.25) is 0 Å². The topological polar surface area (TPSA) is 56.0 Å². The molecule has 0 spiro atoms. The minimum atomic E-state index is -0.451. The second kappa shape index (κ2) is 5.45. The number of hydrogen-bond donors (Lipinski definition) is 0. The number of pyridine rings is 1. The minimum absolute atomic E-state index is 0.0755. The fraction of sp³-hybridized carbons (Fsp3) is 0.0833. The van der Waals surface area contributed by atoms with Crippen LogP contribution in [0.1, 0.15) is 5.56 Å². The summed E-state index contributed by atoms with van der Waals surface area (Å²) in [6.45, 7) is 0. The third-order valence-corrected chi connectivity index (χ3v) is 3.27. The Balaban J connectivity index is 2.12. The van der Waals surface area contributed by atoms with E-state index in [-0.39, 0.29) is 5.82 Å². The SMILES string of the molecule is O=[N+]([O-])c1ncccc1SCc1ccccc1. The predicted octanol–water partition coefficient (Wildman–Crippen LogP) is 3.28. The van der Waals surface area contributed by atoms with E-state index < -0.39 is 4.92 Å². The van der Waals surface area contributed by atoms with Gasteiger partial charge in [0.05, 0.1) is 0 Å². The van der Waals surface area contributed by atoms with Crippen molar-refractivity contribution < 1.29 is 4.92 Å². The molecule has 86 valence electrons. The van der Waals surface area contributed by atoms with E-state index in [2.05, 4.69) is 4.98 Å². The van der Waals surface area contributed by atoms with Crippen molar-refractivity contribution in [3.05, 3.63) is 64.3 Å². The maximum atomic E-state index is 10.8. The van der Waals surface area contributed by atoms with Gasteiger partial charge in [-0.15, -0.1) is 11.8 Å². The minimum Gasteiger partial charge on any atom is -0.358 e. The molecule has 17 heavy (non-hydrogen) atoms. The van der Waals surface area contributed by atoms with Crippen molar-refractivity contribution >= 4 is 17.6 Å². The summed E-state index contributed by atoms with van der Waals surface area (Å²) in [6, 6.07) is 13.3. The van der Waals surface area contributed by atoms with Gasteiger partial charge in [0, 0.05) is 5.75 Å². The molecule has 2 rings (SSSR count). The molecule has 0 aliphatic carbocycles. The second-order valence-electron chi connectivity index (χ2n) is 3.36. The smallest absolute Gasteiger partial charge is 0.358 e. The van der Waals surface area contributed by atoms with E-state index in [9.17, 15) is 10.1 Å². The zero-order valence-electron chi connectivity index (χ0n) is 8.95. The molecule has 4 nitrogen and oxygen atoms in total. The lowest BCUT2D eigenvalue weighted by atomic mass is 10.2. The van der Waals surface area contributed by atoms with E-state index in [1.165, 1.54) is 18.0 Å². The van der Waals surface area contributed by atoms with Crippen LogP contribution in [0.2, 0.25) is 0 Å². The van der Waals surface area contributed by atoms with E-state index in [0.717, 1.165) is 5.56 Å². The average Bonchev–Trinajstić information content (AvgIpc) is 2.38. The van der Waals surface area contributed by atoms with Crippen LogP contribution >= 0.6 is 11.8 Å². The molecule has 0 aliphatic rings. The Morgan fingerprint density at radius 3 is 2.65 bits per heavy atom. The van der Waals surface area contributed by atoms with Gasteiger partial charge >= 0.3 is 5.82 Å². The highest BCUT2D eigenvalue weighted by Crippen LogP contribution is 2.29. The zero-order valence-corrected chi connectivity index (χ0v) is 9.76. The molecule has 0 aliphatic heterocycles. The van der Waals surface area contributed by atoms with Crippen LogP contribution in [0.25, 0.3) is 0 Å². The summed E-state index contributed by atoms with van der Waals surface area (Å²) in [6.07, 6.45) is 1.44. The maximum absolute atomic E-state index is 10.8. The lowest BCUT2D eigenvalue weighted by Crippen LogP contribution is -1.94. The number of benzene rings is 1. The Bertz CT molecular complexity index is 517. The van der Waals surface area contributed by atoms with Crippen LogP contribution in [0.3, 0.4) is 0 Å².